The van der Waals surface area contributed by atoms with E-state index in [4.69, 9.17) is 16.7 Å². The van der Waals surface area contributed by atoms with Crippen LogP contribution in [0.1, 0.15) is 49.3 Å². The molecule has 6 rings (SSSR count). The van der Waals surface area contributed by atoms with Crippen molar-refractivity contribution in [1.82, 2.24) is 9.31 Å². The Balaban J connectivity index is 1.38. The van der Waals surface area contributed by atoms with Crippen LogP contribution in [-0.4, -0.2) is 70.1 Å². The number of hydrogen-bond donors (Lipinski definition) is 0. The molecule has 8 nitrogen and oxygen atoms in total. The van der Waals surface area contributed by atoms with Gasteiger partial charge in [-0.15, -0.1) is 0 Å². The van der Waals surface area contributed by atoms with E-state index in [0.717, 1.165) is 53.0 Å². The minimum Gasteiger partial charge on any atom is -0.378 e. The summed E-state index contributed by atoms with van der Waals surface area (Å²) in [5.74, 6) is -0.258. The normalized spacial score (nSPS) is 22.8. The van der Waals surface area contributed by atoms with Crippen LogP contribution in [0.2, 0.25) is 5.02 Å². The zero-order chi connectivity index (χ0) is 31.9. The van der Waals surface area contributed by atoms with Crippen molar-refractivity contribution in [3.63, 3.8) is 0 Å². The molecule has 3 aromatic rings. The van der Waals surface area contributed by atoms with Crippen molar-refractivity contribution in [2.75, 3.05) is 44.5 Å². The molecule has 0 radical (unpaired) electrons. The minimum atomic E-state index is -3.91. The number of carbonyl (C=O) groups excluding carboxylic acids is 1. The number of allylic oxidation sites excluding steroid dienone is 1. The van der Waals surface area contributed by atoms with Crippen molar-refractivity contribution in [1.29, 1.82) is 0 Å². The molecule has 3 aliphatic rings. The minimum absolute atomic E-state index is 0.0166. The number of carbonyl (C=O) groups is 1. The summed E-state index contributed by atoms with van der Waals surface area (Å²) in [6, 6.07) is 21.7. The Labute approximate surface area is 271 Å². The molecule has 1 saturated heterocycles. The number of sulfonamides is 1. The van der Waals surface area contributed by atoms with Gasteiger partial charge in [-0.3, -0.25) is 4.79 Å². The summed E-state index contributed by atoms with van der Waals surface area (Å²) in [5, 5.41) is 7.14. The van der Waals surface area contributed by atoms with E-state index < -0.39 is 16.1 Å². The number of rotatable bonds is 7. The molecular formula is C35H40ClN5O3S. The lowest BCUT2D eigenvalue weighted by atomic mass is 9.77. The van der Waals surface area contributed by atoms with Crippen molar-refractivity contribution >= 4 is 50.7 Å². The van der Waals surface area contributed by atoms with Gasteiger partial charge in [0.05, 0.1) is 16.6 Å². The van der Waals surface area contributed by atoms with E-state index in [9.17, 15) is 13.2 Å². The summed E-state index contributed by atoms with van der Waals surface area (Å²) in [5.41, 5.74) is 6.34. The molecule has 1 saturated carbocycles. The van der Waals surface area contributed by atoms with Gasteiger partial charge in [-0.1, -0.05) is 35.9 Å². The second-order valence-electron chi connectivity index (χ2n) is 12.5. The molecule has 3 aromatic carbocycles. The topological polar surface area (TPSA) is 76.5 Å². The molecule has 2 heterocycles. The van der Waals surface area contributed by atoms with Crippen LogP contribution in [0.4, 0.5) is 11.4 Å². The zero-order valence-corrected chi connectivity index (χ0v) is 27.8. The van der Waals surface area contributed by atoms with Gasteiger partial charge in [0.2, 0.25) is 10.0 Å². The maximum Gasteiger partial charge on any atom is 0.261 e. The monoisotopic (exact) mass is 645 g/mol. The summed E-state index contributed by atoms with van der Waals surface area (Å²) >= 11 is 6.04. The van der Waals surface area contributed by atoms with Gasteiger partial charge < -0.3 is 9.80 Å². The van der Waals surface area contributed by atoms with E-state index in [-0.39, 0.29) is 29.3 Å². The Morgan fingerprint density at radius 1 is 0.867 bits per heavy atom. The standard InChI is InChI=1S/C35H40ClN5O3S/c1-38(2)28-16-10-24(11-17-28)23-26-7-5-8-31-33(26)37-41(34(31)25-12-18-29(19-13-25)39(3)4)35(42)32-9-6-22-40(32)45(43,44)30-20-14-27(36)15-21-30/h10-21,23,31-32,34H,5-9,22H2,1-4H3. The van der Waals surface area contributed by atoms with Crippen molar-refractivity contribution in [3.8, 4) is 0 Å². The first-order chi connectivity index (χ1) is 21.5. The highest BCUT2D eigenvalue weighted by molar-refractivity contribution is 7.89. The number of hydrogen-bond acceptors (Lipinski definition) is 6. The average Bonchev–Trinajstić information content (AvgIpc) is 3.68. The quantitative estimate of drug-likeness (QED) is 0.295. The Bertz CT molecular complexity index is 1720. The van der Waals surface area contributed by atoms with Crippen LogP contribution in [0.3, 0.4) is 0 Å². The third-order valence-corrected chi connectivity index (χ3v) is 11.3. The van der Waals surface area contributed by atoms with Gasteiger partial charge in [0.1, 0.15) is 6.04 Å². The number of hydrazone groups is 1. The predicted molar refractivity (Wildman–Crippen MR) is 182 cm³/mol. The molecule has 3 atom stereocenters. The second kappa shape index (κ2) is 12.6. The highest BCUT2D eigenvalue weighted by atomic mass is 35.5. The molecule has 45 heavy (non-hydrogen) atoms. The van der Waals surface area contributed by atoms with Gasteiger partial charge in [-0.05, 0) is 103 Å². The Kier molecular flexibility index (Phi) is 8.78. The van der Waals surface area contributed by atoms with Crippen LogP contribution in [0.25, 0.3) is 6.08 Å². The predicted octanol–water partition coefficient (Wildman–Crippen LogP) is 6.45. The van der Waals surface area contributed by atoms with Crippen molar-refractivity contribution in [2.24, 2.45) is 11.0 Å². The van der Waals surface area contributed by atoms with Crippen LogP contribution in [0.5, 0.6) is 0 Å². The van der Waals surface area contributed by atoms with E-state index in [1.807, 2.05) is 33.1 Å². The largest absolute Gasteiger partial charge is 0.378 e. The highest BCUT2D eigenvalue weighted by Gasteiger charge is 2.48. The number of halogens is 1. The maximum atomic E-state index is 14.5. The van der Waals surface area contributed by atoms with Crippen LogP contribution in [0.15, 0.2) is 88.4 Å². The van der Waals surface area contributed by atoms with E-state index >= 15 is 0 Å². The first-order valence-corrected chi connectivity index (χ1v) is 17.3. The molecule has 0 aromatic heterocycles. The summed E-state index contributed by atoms with van der Waals surface area (Å²) in [4.78, 5) is 18.8. The third-order valence-electron chi connectivity index (χ3n) is 9.14. The SMILES string of the molecule is CN(C)c1ccc(C=C2CCCC3C2=NN(C(=O)C2CCCN2S(=O)(=O)c2ccc(Cl)cc2)C3c2ccc(N(C)C)cc2)cc1. The van der Waals surface area contributed by atoms with Gasteiger partial charge in [0, 0.05) is 57.1 Å². The number of benzene rings is 3. The number of nitrogens with zero attached hydrogens (tertiary/aromatic N) is 5. The Morgan fingerprint density at radius 3 is 2.11 bits per heavy atom. The summed E-state index contributed by atoms with van der Waals surface area (Å²) < 4.78 is 28.9. The Morgan fingerprint density at radius 2 is 1.49 bits per heavy atom. The van der Waals surface area contributed by atoms with Crippen LogP contribution >= 0.6 is 11.6 Å². The van der Waals surface area contributed by atoms with E-state index in [1.165, 1.54) is 16.4 Å². The van der Waals surface area contributed by atoms with Gasteiger partial charge in [0.25, 0.3) is 5.91 Å². The number of amides is 1. The fraction of sp³-hybridized carbons (Fsp3) is 0.371. The van der Waals surface area contributed by atoms with Crippen molar-refractivity contribution < 1.29 is 13.2 Å². The molecular weight excluding hydrogens is 606 g/mol. The van der Waals surface area contributed by atoms with Gasteiger partial charge in [0.15, 0.2) is 0 Å². The highest BCUT2D eigenvalue weighted by Crippen LogP contribution is 2.46. The summed E-state index contributed by atoms with van der Waals surface area (Å²) in [6.07, 6.45) is 6.01. The second-order valence-corrected chi connectivity index (χ2v) is 14.8. The lowest BCUT2D eigenvalue weighted by Gasteiger charge is -2.32. The fourth-order valence-electron chi connectivity index (χ4n) is 6.72. The lowest BCUT2D eigenvalue weighted by molar-refractivity contribution is -0.137. The van der Waals surface area contributed by atoms with Gasteiger partial charge in [-0.25, -0.2) is 13.4 Å². The average molecular weight is 646 g/mol. The number of anilines is 2. The van der Waals surface area contributed by atoms with Crippen LogP contribution in [-0.2, 0) is 14.8 Å². The summed E-state index contributed by atoms with van der Waals surface area (Å²) in [7, 11) is 4.14. The number of fused-ring (bicyclic) bond motifs is 1. The molecule has 2 fully saturated rings. The molecule has 1 aliphatic carbocycles. The molecule has 1 amide bonds. The van der Waals surface area contributed by atoms with E-state index in [0.29, 0.717) is 17.9 Å². The van der Waals surface area contributed by atoms with E-state index in [1.54, 1.807) is 17.1 Å². The molecule has 2 aliphatic heterocycles. The maximum absolute atomic E-state index is 14.5. The first kappa shape index (κ1) is 31.3. The van der Waals surface area contributed by atoms with Gasteiger partial charge in [-0.2, -0.15) is 9.41 Å². The molecule has 0 N–H and O–H groups in total. The fourth-order valence-corrected chi connectivity index (χ4v) is 8.50. The van der Waals surface area contributed by atoms with Crippen molar-refractivity contribution in [2.45, 2.75) is 49.1 Å². The molecule has 236 valence electrons. The first-order valence-electron chi connectivity index (χ1n) is 15.5. The molecule has 10 heteroatoms. The third kappa shape index (κ3) is 6.13. The smallest absolute Gasteiger partial charge is 0.261 e. The van der Waals surface area contributed by atoms with E-state index in [2.05, 4.69) is 59.5 Å². The zero-order valence-electron chi connectivity index (χ0n) is 26.2. The lowest BCUT2D eigenvalue weighted by Crippen LogP contribution is -2.46. The van der Waals surface area contributed by atoms with Crippen molar-refractivity contribution in [3.05, 3.63) is 94.5 Å². The van der Waals surface area contributed by atoms with Crippen LogP contribution in [0, 0.1) is 5.92 Å². The molecule has 3 unspecified atom stereocenters. The summed E-state index contributed by atoms with van der Waals surface area (Å²) in [6.45, 7) is 0.283. The van der Waals surface area contributed by atoms with Crippen LogP contribution < -0.4 is 9.80 Å². The molecule has 0 bridgehead atoms. The Hall–Kier alpha value is -3.66. The van der Waals surface area contributed by atoms with Gasteiger partial charge >= 0.3 is 0 Å². The molecule has 0 spiro atoms.